The lowest BCUT2D eigenvalue weighted by Gasteiger charge is -2.51. The number of likely N-dealkylation sites (tertiary alicyclic amines) is 1. The van der Waals surface area contributed by atoms with Crippen LogP contribution in [0, 0.1) is 11.8 Å². The van der Waals surface area contributed by atoms with Crippen LogP contribution in [0.15, 0.2) is 24.3 Å². The summed E-state index contributed by atoms with van der Waals surface area (Å²) < 4.78 is 5.35. The number of carbonyl (C=O) groups is 2. The first-order valence-corrected chi connectivity index (χ1v) is 15.9. The first kappa shape index (κ1) is 32.7. The molecule has 0 bridgehead atoms. The Kier molecular flexibility index (Phi) is 13.5. The van der Waals surface area contributed by atoms with Gasteiger partial charge in [-0.25, -0.2) is 4.79 Å². The van der Waals surface area contributed by atoms with Crippen LogP contribution in [0.2, 0.25) is 5.02 Å². The van der Waals surface area contributed by atoms with E-state index in [0.29, 0.717) is 30.5 Å². The van der Waals surface area contributed by atoms with Crippen LogP contribution in [0.4, 0.5) is 4.79 Å². The highest BCUT2D eigenvalue weighted by molar-refractivity contribution is 6.30. The van der Waals surface area contributed by atoms with Crippen molar-refractivity contribution >= 4 is 23.5 Å². The molecular weight excluding hydrogens is 524 g/mol. The van der Waals surface area contributed by atoms with E-state index in [0.717, 1.165) is 57.2 Å². The minimum atomic E-state index is -0.558. The largest absolute Gasteiger partial charge is 0.385 e. The van der Waals surface area contributed by atoms with Crippen molar-refractivity contribution in [2.75, 3.05) is 47.4 Å². The van der Waals surface area contributed by atoms with Gasteiger partial charge < -0.3 is 25.2 Å². The first-order valence-electron chi connectivity index (χ1n) is 15.6. The summed E-state index contributed by atoms with van der Waals surface area (Å²) in [4.78, 5) is 31.0. The van der Waals surface area contributed by atoms with E-state index in [4.69, 9.17) is 16.3 Å². The van der Waals surface area contributed by atoms with Gasteiger partial charge in [0.1, 0.15) is 0 Å². The molecule has 1 saturated heterocycles. The quantitative estimate of drug-likeness (QED) is 0.259. The van der Waals surface area contributed by atoms with Crippen LogP contribution in [0.3, 0.4) is 0 Å². The lowest BCUT2D eigenvalue weighted by molar-refractivity contribution is -0.140. The van der Waals surface area contributed by atoms with Crippen LogP contribution in [0.1, 0.15) is 89.5 Å². The van der Waals surface area contributed by atoms with Crippen LogP contribution in [-0.2, 0) is 15.1 Å². The Morgan fingerprint density at radius 3 is 2.62 bits per heavy atom. The molecule has 1 aromatic rings. The van der Waals surface area contributed by atoms with Gasteiger partial charge in [-0.2, -0.15) is 0 Å². The van der Waals surface area contributed by atoms with E-state index in [2.05, 4.69) is 16.7 Å². The van der Waals surface area contributed by atoms with Gasteiger partial charge >= 0.3 is 6.03 Å². The molecule has 3 atom stereocenters. The summed E-state index contributed by atoms with van der Waals surface area (Å²) in [6.07, 6.45) is 12.4. The zero-order valence-electron chi connectivity index (χ0n) is 25.4. The van der Waals surface area contributed by atoms with Crippen molar-refractivity contribution in [1.82, 2.24) is 20.4 Å². The Hall–Kier alpha value is -1.83. The van der Waals surface area contributed by atoms with Gasteiger partial charge in [-0.3, -0.25) is 4.79 Å². The second-order valence-electron chi connectivity index (χ2n) is 11.9. The molecule has 8 heteroatoms. The predicted molar refractivity (Wildman–Crippen MR) is 164 cm³/mol. The van der Waals surface area contributed by atoms with Crippen LogP contribution in [-0.4, -0.2) is 75.2 Å². The average Bonchev–Trinajstić information content (AvgIpc) is 2.97. The standard InChI is InChI=1S/C32H53ClN4O3/c1-5-30(38)36(3)32(18-9-10-20-40-4,26-15-11-17-28(33)22-26)27-16-12-19-37(24-27)31(39)35-29(23-34-2)21-25-13-7-6-8-14-25/h11,15,17,22,25,27,29,34H,5-10,12-14,16,18-21,23-24H2,1-4H3,(H,35,39)/t27-,29+,32-/m1/s1. The molecule has 3 amide bonds. The number of piperidine rings is 1. The fourth-order valence-electron chi connectivity index (χ4n) is 7.16. The summed E-state index contributed by atoms with van der Waals surface area (Å²) in [5, 5.41) is 7.34. The van der Waals surface area contributed by atoms with Crippen LogP contribution >= 0.6 is 11.6 Å². The molecular formula is C32H53ClN4O3. The third kappa shape index (κ3) is 8.59. The topological polar surface area (TPSA) is 73.9 Å². The Morgan fingerprint density at radius 2 is 1.95 bits per heavy atom. The first-order chi connectivity index (χ1) is 19.3. The van der Waals surface area contributed by atoms with Crippen molar-refractivity contribution in [3.63, 3.8) is 0 Å². The Morgan fingerprint density at radius 1 is 1.18 bits per heavy atom. The smallest absolute Gasteiger partial charge is 0.317 e. The van der Waals surface area contributed by atoms with Gasteiger partial charge in [-0.1, -0.05) is 62.8 Å². The fraction of sp³-hybridized carbons (Fsp3) is 0.750. The van der Waals surface area contributed by atoms with Gasteiger partial charge in [0, 0.05) is 63.8 Å². The predicted octanol–water partition coefficient (Wildman–Crippen LogP) is 6.20. The number of halogens is 1. The van der Waals surface area contributed by atoms with Crippen LogP contribution < -0.4 is 10.6 Å². The number of nitrogens with one attached hydrogen (secondary N) is 2. The third-order valence-corrected chi connectivity index (χ3v) is 9.50. The van der Waals surface area contributed by atoms with Gasteiger partial charge in [0.25, 0.3) is 0 Å². The van der Waals surface area contributed by atoms with Crippen LogP contribution in [0.5, 0.6) is 0 Å². The lowest BCUT2D eigenvalue weighted by atomic mass is 9.70. The van der Waals surface area contributed by atoms with E-state index < -0.39 is 5.54 Å². The molecule has 0 radical (unpaired) electrons. The summed E-state index contributed by atoms with van der Waals surface area (Å²) in [6, 6.07) is 8.13. The number of hydrogen-bond donors (Lipinski definition) is 2. The molecule has 1 heterocycles. The van der Waals surface area contributed by atoms with Gasteiger partial charge in [0.05, 0.1) is 5.54 Å². The minimum Gasteiger partial charge on any atom is -0.385 e. The van der Waals surface area contributed by atoms with Gasteiger partial charge in [0.2, 0.25) is 5.91 Å². The molecule has 3 rings (SSSR count). The molecule has 40 heavy (non-hydrogen) atoms. The Balaban J connectivity index is 1.86. The normalized spacial score (nSPS) is 20.5. The Bertz CT molecular complexity index is 925. The summed E-state index contributed by atoms with van der Waals surface area (Å²) in [5.74, 6) is 0.891. The van der Waals surface area contributed by atoms with Crippen molar-refractivity contribution in [3.8, 4) is 0 Å². The number of urea groups is 1. The van der Waals surface area contributed by atoms with Gasteiger partial charge in [0.15, 0.2) is 0 Å². The van der Waals surface area contributed by atoms with E-state index in [-0.39, 0.29) is 23.9 Å². The number of likely N-dealkylation sites (N-methyl/N-ethyl adjacent to an activating group) is 1. The number of unbranched alkanes of at least 4 members (excludes halogenated alkanes) is 1. The van der Waals surface area contributed by atoms with Crippen molar-refractivity contribution in [2.24, 2.45) is 11.8 Å². The maximum absolute atomic E-state index is 13.7. The molecule has 1 aliphatic heterocycles. The summed E-state index contributed by atoms with van der Waals surface area (Å²) in [7, 11) is 5.62. The summed E-state index contributed by atoms with van der Waals surface area (Å²) in [5.41, 5.74) is 0.497. The molecule has 1 saturated carbocycles. The number of benzene rings is 1. The van der Waals surface area contributed by atoms with Crippen molar-refractivity contribution in [3.05, 3.63) is 34.9 Å². The highest BCUT2D eigenvalue weighted by Crippen LogP contribution is 2.45. The highest BCUT2D eigenvalue weighted by atomic mass is 35.5. The molecule has 1 aliphatic carbocycles. The van der Waals surface area contributed by atoms with Crippen molar-refractivity contribution in [2.45, 2.75) is 95.6 Å². The zero-order valence-corrected chi connectivity index (χ0v) is 26.1. The molecule has 7 nitrogen and oxygen atoms in total. The number of carbonyl (C=O) groups excluding carboxylic acids is 2. The maximum Gasteiger partial charge on any atom is 0.317 e. The Labute approximate surface area is 247 Å². The lowest BCUT2D eigenvalue weighted by Crippen LogP contribution is -2.58. The second-order valence-corrected chi connectivity index (χ2v) is 12.4. The number of nitrogens with zero attached hydrogens (tertiary/aromatic N) is 2. The van der Waals surface area contributed by atoms with E-state index >= 15 is 0 Å². The number of hydrogen-bond acceptors (Lipinski definition) is 4. The summed E-state index contributed by atoms with van der Waals surface area (Å²) in [6.45, 7) is 4.73. The molecule has 1 aromatic carbocycles. The van der Waals surface area contributed by atoms with Gasteiger partial charge in [-0.05, 0) is 69.2 Å². The number of methoxy groups -OCH3 is 1. The number of rotatable bonds is 14. The summed E-state index contributed by atoms with van der Waals surface area (Å²) >= 11 is 6.53. The van der Waals surface area contributed by atoms with E-state index in [9.17, 15) is 9.59 Å². The average molecular weight is 577 g/mol. The number of ether oxygens (including phenoxy) is 1. The monoisotopic (exact) mass is 576 g/mol. The molecule has 2 N–H and O–H groups in total. The highest BCUT2D eigenvalue weighted by Gasteiger charge is 2.47. The van der Waals surface area contributed by atoms with Crippen molar-refractivity contribution < 1.29 is 14.3 Å². The minimum absolute atomic E-state index is 0.0182. The van der Waals surface area contributed by atoms with Crippen LogP contribution in [0.25, 0.3) is 0 Å². The van der Waals surface area contributed by atoms with E-state index in [1.54, 1.807) is 7.11 Å². The number of amides is 3. The SMILES string of the molecule is CCC(=O)N(C)[C@](CCCCOC)(c1cccc(Cl)c1)[C@@H]1CCCN(C(=O)N[C@H](CNC)CC2CCCCC2)C1. The fourth-order valence-corrected chi connectivity index (χ4v) is 7.35. The molecule has 2 aliphatic rings. The second kappa shape index (κ2) is 16.6. The molecule has 2 fully saturated rings. The third-order valence-electron chi connectivity index (χ3n) is 9.26. The van der Waals surface area contributed by atoms with Crippen molar-refractivity contribution in [1.29, 1.82) is 0 Å². The molecule has 0 aromatic heterocycles. The van der Waals surface area contributed by atoms with E-state index in [1.165, 1.54) is 32.1 Å². The molecule has 0 spiro atoms. The maximum atomic E-state index is 13.7. The van der Waals surface area contributed by atoms with Gasteiger partial charge in [-0.15, -0.1) is 0 Å². The molecule has 226 valence electrons. The van der Waals surface area contributed by atoms with E-state index in [1.807, 2.05) is 49.0 Å². The molecule has 0 unspecified atom stereocenters. The zero-order chi connectivity index (χ0) is 29.0.